The molecule has 0 saturated heterocycles. The van der Waals surface area contributed by atoms with Crippen LogP contribution in [0, 0.1) is 6.92 Å². The van der Waals surface area contributed by atoms with Crippen molar-refractivity contribution in [2.24, 2.45) is 4.99 Å². The third kappa shape index (κ3) is 6.33. The molecule has 0 saturated carbocycles. The van der Waals surface area contributed by atoms with Crippen LogP contribution in [-0.2, 0) is 6.54 Å². The number of ether oxygens (including phenoxy) is 1. The van der Waals surface area contributed by atoms with Crippen molar-refractivity contribution in [2.75, 3.05) is 34.3 Å². The number of nitrogens with one attached hydrogen (secondary N) is 2. The third-order valence-electron chi connectivity index (χ3n) is 4.16. The van der Waals surface area contributed by atoms with Gasteiger partial charge in [-0.05, 0) is 36.8 Å². The highest BCUT2D eigenvalue weighted by atomic mass is 16.5. The molecule has 6 nitrogen and oxygen atoms in total. The van der Waals surface area contributed by atoms with Crippen molar-refractivity contribution < 1.29 is 9.53 Å². The van der Waals surface area contributed by atoms with Gasteiger partial charge in [0.1, 0.15) is 5.75 Å². The SMILES string of the molecule is CN=C(NCCNC(=O)c1ccc(OC)cc1)N(C)Cc1ccc(C)cc1. The Bertz CT molecular complexity index is 755. The molecule has 0 unspecified atom stereocenters. The number of hydrogen-bond acceptors (Lipinski definition) is 3. The topological polar surface area (TPSA) is 66.0 Å². The average Bonchev–Trinajstić information content (AvgIpc) is 2.69. The number of aliphatic imine (C=N–C) groups is 1. The van der Waals surface area contributed by atoms with E-state index >= 15 is 0 Å². The molecule has 0 radical (unpaired) electrons. The van der Waals surface area contributed by atoms with Crippen LogP contribution in [0.5, 0.6) is 5.75 Å². The average molecular weight is 368 g/mol. The number of rotatable bonds is 7. The minimum absolute atomic E-state index is 0.109. The van der Waals surface area contributed by atoms with Gasteiger partial charge in [-0.15, -0.1) is 0 Å². The summed E-state index contributed by atoms with van der Waals surface area (Å²) in [5, 5.41) is 6.16. The van der Waals surface area contributed by atoms with E-state index in [0.717, 1.165) is 18.3 Å². The molecule has 1 amide bonds. The molecule has 2 N–H and O–H groups in total. The molecule has 2 rings (SSSR count). The standard InChI is InChI=1S/C21H28N4O2/c1-16-5-7-17(8-6-16)15-25(3)21(22-2)24-14-13-23-20(26)18-9-11-19(27-4)12-10-18/h5-12H,13-15H2,1-4H3,(H,22,24)(H,23,26). The number of aryl methyl sites for hydroxylation is 1. The number of carbonyl (C=O) groups is 1. The normalized spacial score (nSPS) is 11.0. The highest BCUT2D eigenvalue weighted by Gasteiger charge is 2.08. The molecule has 0 atom stereocenters. The number of nitrogens with zero attached hydrogens (tertiary/aromatic N) is 2. The molecule has 0 bridgehead atoms. The van der Waals surface area contributed by atoms with Gasteiger partial charge in [0.2, 0.25) is 0 Å². The summed E-state index contributed by atoms with van der Waals surface area (Å²) in [6.45, 7) is 3.93. The molecule has 0 aromatic heterocycles. The maximum absolute atomic E-state index is 12.1. The molecule has 0 fully saturated rings. The second kappa shape index (κ2) is 10.2. The monoisotopic (exact) mass is 368 g/mol. The summed E-state index contributed by atoms with van der Waals surface area (Å²) < 4.78 is 5.10. The lowest BCUT2D eigenvalue weighted by Gasteiger charge is -2.22. The summed E-state index contributed by atoms with van der Waals surface area (Å²) >= 11 is 0. The van der Waals surface area contributed by atoms with Gasteiger partial charge in [-0.2, -0.15) is 0 Å². The van der Waals surface area contributed by atoms with E-state index in [1.54, 1.807) is 38.4 Å². The van der Waals surface area contributed by atoms with Crippen LogP contribution in [0.2, 0.25) is 0 Å². The second-order valence-corrected chi connectivity index (χ2v) is 6.30. The first-order chi connectivity index (χ1) is 13.0. The van der Waals surface area contributed by atoms with Gasteiger partial charge in [0.15, 0.2) is 5.96 Å². The van der Waals surface area contributed by atoms with Crippen molar-refractivity contribution in [3.63, 3.8) is 0 Å². The Hall–Kier alpha value is -3.02. The fourth-order valence-corrected chi connectivity index (χ4v) is 2.62. The lowest BCUT2D eigenvalue weighted by atomic mass is 10.1. The summed E-state index contributed by atoms with van der Waals surface area (Å²) in [7, 11) is 5.35. The van der Waals surface area contributed by atoms with E-state index < -0.39 is 0 Å². The minimum Gasteiger partial charge on any atom is -0.497 e. The zero-order chi connectivity index (χ0) is 19.6. The maximum Gasteiger partial charge on any atom is 0.251 e. The molecule has 2 aromatic carbocycles. The highest BCUT2D eigenvalue weighted by Crippen LogP contribution is 2.11. The fraction of sp³-hybridized carbons (Fsp3) is 0.333. The summed E-state index contributed by atoms with van der Waals surface area (Å²) in [4.78, 5) is 18.5. The first-order valence-electron chi connectivity index (χ1n) is 8.93. The van der Waals surface area contributed by atoms with Crippen LogP contribution in [0.1, 0.15) is 21.5 Å². The molecule has 0 spiro atoms. The first-order valence-corrected chi connectivity index (χ1v) is 8.93. The van der Waals surface area contributed by atoms with E-state index in [1.807, 2.05) is 7.05 Å². The van der Waals surface area contributed by atoms with Crippen molar-refractivity contribution in [3.05, 3.63) is 65.2 Å². The fourth-order valence-electron chi connectivity index (χ4n) is 2.62. The molecular formula is C21H28N4O2. The molecule has 27 heavy (non-hydrogen) atoms. The predicted octanol–water partition coefficient (Wildman–Crippen LogP) is 2.44. The highest BCUT2D eigenvalue weighted by molar-refractivity contribution is 5.94. The molecule has 0 aliphatic rings. The molecule has 6 heteroatoms. The van der Waals surface area contributed by atoms with Crippen LogP contribution in [0.25, 0.3) is 0 Å². The number of hydrogen-bond donors (Lipinski definition) is 2. The molecular weight excluding hydrogens is 340 g/mol. The minimum atomic E-state index is -0.109. The van der Waals surface area contributed by atoms with Gasteiger partial charge in [-0.1, -0.05) is 29.8 Å². The van der Waals surface area contributed by atoms with Crippen molar-refractivity contribution in [1.29, 1.82) is 0 Å². The van der Waals surface area contributed by atoms with E-state index in [0.29, 0.717) is 18.7 Å². The van der Waals surface area contributed by atoms with Crippen LogP contribution in [0.15, 0.2) is 53.5 Å². The second-order valence-electron chi connectivity index (χ2n) is 6.30. The van der Waals surface area contributed by atoms with E-state index in [4.69, 9.17) is 4.74 Å². The number of carbonyl (C=O) groups excluding carboxylic acids is 1. The summed E-state index contributed by atoms with van der Waals surface area (Å²) in [6, 6.07) is 15.5. The predicted molar refractivity (Wildman–Crippen MR) is 109 cm³/mol. The van der Waals surface area contributed by atoms with Crippen molar-refractivity contribution in [1.82, 2.24) is 15.5 Å². The Morgan fingerprint density at radius 1 is 1.04 bits per heavy atom. The van der Waals surface area contributed by atoms with Crippen molar-refractivity contribution >= 4 is 11.9 Å². The van der Waals surface area contributed by atoms with Crippen molar-refractivity contribution in [3.8, 4) is 5.75 Å². The number of guanidine groups is 1. The van der Waals surface area contributed by atoms with Gasteiger partial charge in [-0.25, -0.2) is 0 Å². The van der Waals surface area contributed by atoms with E-state index in [1.165, 1.54) is 11.1 Å². The van der Waals surface area contributed by atoms with Crippen LogP contribution >= 0.6 is 0 Å². The Morgan fingerprint density at radius 3 is 2.26 bits per heavy atom. The quantitative estimate of drug-likeness (QED) is 0.448. The van der Waals surface area contributed by atoms with Crippen LogP contribution < -0.4 is 15.4 Å². The largest absolute Gasteiger partial charge is 0.497 e. The van der Waals surface area contributed by atoms with E-state index in [9.17, 15) is 4.79 Å². The van der Waals surface area contributed by atoms with Crippen molar-refractivity contribution in [2.45, 2.75) is 13.5 Å². The zero-order valence-corrected chi connectivity index (χ0v) is 16.5. The van der Waals surface area contributed by atoms with E-state index in [-0.39, 0.29) is 5.91 Å². The van der Waals surface area contributed by atoms with Gasteiger partial charge in [-0.3, -0.25) is 9.79 Å². The number of methoxy groups -OCH3 is 1. The molecule has 144 valence electrons. The van der Waals surface area contributed by atoms with Crippen LogP contribution in [0.3, 0.4) is 0 Å². The Morgan fingerprint density at radius 2 is 1.67 bits per heavy atom. The Balaban J connectivity index is 1.76. The third-order valence-corrected chi connectivity index (χ3v) is 4.16. The number of amides is 1. The smallest absolute Gasteiger partial charge is 0.251 e. The first kappa shape index (κ1) is 20.3. The summed E-state index contributed by atoms with van der Waals surface area (Å²) in [5.74, 6) is 1.41. The zero-order valence-electron chi connectivity index (χ0n) is 16.5. The lowest BCUT2D eigenvalue weighted by Crippen LogP contribution is -2.42. The van der Waals surface area contributed by atoms with Gasteiger partial charge in [0, 0.05) is 39.3 Å². The molecule has 0 aliphatic heterocycles. The van der Waals surface area contributed by atoms with E-state index in [2.05, 4.69) is 51.7 Å². The Kier molecular flexibility index (Phi) is 7.67. The summed E-state index contributed by atoms with van der Waals surface area (Å²) in [6.07, 6.45) is 0. The van der Waals surface area contributed by atoms with Gasteiger partial charge in [0.25, 0.3) is 5.91 Å². The molecule has 0 aliphatic carbocycles. The van der Waals surface area contributed by atoms with Gasteiger partial charge in [0.05, 0.1) is 7.11 Å². The maximum atomic E-state index is 12.1. The van der Waals surface area contributed by atoms with Gasteiger partial charge >= 0.3 is 0 Å². The van der Waals surface area contributed by atoms with Crippen LogP contribution in [-0.4, -0.2) is 51.1 Å². The Labute approximate surface area is 161 Å². The van der Waals surface area contributed by atoms with Crippen LogP contribution in [0.4, 0.5) is 0 Å². The lowest BCUT2D eigenvalue weighted by molar-refractivity contribution is 0.0954. The van der Waals surface area contributed by atoms with Gasteiger partial charge < -0.3 is 20.3 Å². The molecule has 2 aromatic rings. The summed E-state index contributed by atoms with van der Waals surface area (Å²) in [5.41, 5.74) is 3.08. The molecule has 0 heterocycles. The number of benzene rings is 2.